The third kappa shape index (κ3) is 3.58. The third-order valence-electron chi connectivity index (χ3n) is 5.40. The van der Waals surface area contributed by atoms with Crippen molar-refractivity contribution in [3.05, 3.63) is 53.6 Å². The van der Waals surface area contributed by atoms with Crippen LogP contribution in [-0.4, -0.2) is 67.2 Å². The van der Waals surface area contributed by atoms with E-state index in [0.717, 1.165) is 11.1 Å². The number of piperazine rings is 1. The van der Waals surface area contributed by atoms with Gasteiger partial charge in [0.05, 0.1) is 11.9 Å². The van der Waals surface area contributed by atoms with Crippen molar-refractivity contribution < 1.29 is 19.1 Å². The zero-order chi connectivity index (χ0) is 21.4. The molecule has 0 saturated carbocycles. The van der Waals surface area contributed by atoms with Crippen LogP contribution >= 0.6 is 0 Å². The minimum atomic E-state index is -0.979. The molecule has 1 aromatic carbocycles. The van der Waals surface area contributed by atoms with E-state index in [4.69, 9.17) is 0 Å². The first-order chi connectivity index (χ1) is 14.4. The largest absolute Gasteiger partial charge is 0.465 e. The zero-order valence-electron chi connectivity index (χ0n) is 16.7. The van der Waals surface area contributed by atoms with Crippen molar-refractivity contribution >= 4 is 17.6 Å². The fourth-order valence-electron chi connectivity index (χ4n) is 3.75. The summed E-state index contributed by atoms with van der Waals surface area (Å²) in [5.41, 5.74) is 3.23. The van der Waals surface area contributed by atoms with E-state index in [9.17, 15) is 19.1 Å². The van der Waals surface area contributed by atoms with Gasteiger partial charge in [-0.25, -0.2) is 18.7 Å². The summed E-state index contributed by atoms with van der Waals surface area (Å²) in [7, 11) is 0. The Morgan fingerprint density at radius 3 is 2.60 bits per heavy atom. The summed E-state index contributed by atoms with van der Waals surface area (Å²) in [6.07, 6.45) is 1.31. The van der Waals surface area contributed by atoms with Gasteiger partial charge in [-0.1, -0.05) is 6.92 Å². The van der Waals surface area contributed by atoms with E-state index in [2.05, 4.69) is 10.1 Å². The molecule has 156 valence electrons. The monoisotopic (exact) mass is 411 g/mol. The molecular formula is C21H22FN5O3. The van der Waals surface area contributed by atoms with Crippen molar-refractivity contribution in [3.63, 3.8) is 0 Å². The minimum absolute atomic E-state index is 0.247. The SMILES string of the molecule is CCc1cc(-c2ccc(F)cc2)nn2cc(C(=O)N3CCN(C(=O)O)[C@@H](C)C3)nc12. The average Bonchev–Trinajstić information content (AvgIpc) is 3.17. The number of carbonyl (C=O) groups is 2. The Balaban J connectivity index is 1.65. The van der Waals surface area contributed by atoms with Crippen LogP contribution in [-0.2, 0) is 6.42 Å². The number of rotatable bonds is 3. The molecule has 30 heavy (non-hydrogen) atoms. The molecule has 1 aliphatic rings. The highest BCUT2D eigenvalue weighted by Crippen LogP contribution is 2.22. The van der Waals surface area contributed by atoms with Gasteiger partial charge in [-0.2, -0.15) is 5.10 Å². The number of aryl methyl sites for hydroxylation is 1. The van der Waals surface area contributed by atoms with Crippen molar-refractivity contribution in [2.45, 2.75) is 26.3 Å². The van der Waals surface area contributed by atoms with E-state index in [0.29, 0.717) is 30.9 Å². The number of hydrogen-bond donors (Lipinski definition) is 1. The van der Waals surface area contributed by atoms with E-state index in [-0.39, 0.29) is 30.0 Å². The van der Waals surface area contributed by atoms with Gasteiger partial charge < -0.3 is 14.9 Å². The maximum Gasteiger partial charge on any atom is 0.407 e. The molecule has 8 nitrogen and oxygen atoms in total. The zero-order valence-corrected chi connectivity index (χ0v) is 16.7. The lowest BCUT2D eigenvalue weighted by atomic mass is 10.1. The Morgan fingerprint density at radius 2 is 1.97 bits per heavy atom. The molecule has 3 aromatic rings. The second-order valence-electron chi connectivity index (χ2n) is 7.39. The van der Waals surface area contributed by atoms with Gasteiger partial charge in [0.1, 0.15) is 11.5 Å². The number of benzene rings is 1. The molecule has 0 aliphatic carbocycles. The summed E-state index contributed by atoms with van der Waals surface area (Å²) < 4.78 is 14.8. The first kappa shape index (κ1) is 19.8. The molecule has 1 saturated heterocycles. The van der Waals surface area contributed by atoms with Gasteiger partial charge in [-0.15, -0.1) is 0 Å². The molecule has 0 bridgehead atoms. The molecule has 9 heteroatoms. The molecule has 3 heterocycles. The van der Waals surface area contributed by atoms with Gasteiger partial charge in [-0.05, 0) is 49.2 Å². The summed E-state index contributed by atoms with van der Waals surface area (Å²) in [6.45, 7) is 4.67. The summed E-state index contributed by atoms with van der Waals surface area (Å²) >= 11 is 0. The van der Waals surface area contributed by atoms with Crippen molar-refractivity contribution in [2.24, 2.45) is 0 Å². The van der Waals surface area contributed by atoms with Crippen LogP contribution in [0.15, 0.2) is 36.5 Å². The highest BCUT2D eigenvalue weighted by molar-refractivity contribution is 5.93. The highest BCUT2D eigenvalue weighted by Gasteiger charge is 2.31. The Bertz CT molecular complexity index is 1110. The van der Waals surface area contributed by atoms with Crippen molar-refractivity contribution in [2.75, 3.05) is 19.6 Å². The predicted octanol–water partition coefficient (Wildman–Crippen LogP) is 2.92. The fraction of sp³-hybridized carbons (Fsp3) is 0.333. The molecule has 1 N–H and O–H groups in total. The number of halogens is 1. The maximum atomic E-state index is 13.3. The number of hydrogen-bond acceptors (Lipinski definition) is 4. The molecular weight excluding hydrogens is 389 g/mol. The topological polar surface area (TPSA) is 91.0 Å². The van der Waals surface area contributed by atoms with Gasteiger partial charge in [0.15, 0.2) is 5.65 Å². The summed E-state index contributed by atoms with van der Waals surface area (Å²) in [4.78, 5) is 31.7. The fourth-order valence-corrected chi connectivity index (χ4v) is 3.75. The number of imidazole rings is 1. The second kappa shape index (κ2) is 7.74. The van der Waals surface area contributed by atoms with E-state index in [1.54, 1.807) is 34.7 Å². The Hall–Kier alpha value is -3.49. The number of nitrogens with zero attached hydrogens (tertiary/aromatic N) is 5. The molecule has 0 radical (unpaired) electrons. The van der Waals surface area contributed by atoms with Crippen molar-refractivity contribution in [1.82, 2.24) is 24.4 Å². The smallest absolute Gasteiger partial charge is 0.407 e. The summed E-state index contributed by atoms with van der Waals surface area (Å²) in [5, 5.41) is 13.8. The molecule has 2 amide bonds. The summed E-state index contributed by atoms with van der Waals surface area (Å²) in [5.74, 6) is -0.564. The first-order valence-electron chi connectivity index (χ1n) is 9.81. The molecule has 0 unspecified atom stereocenters. The third-order valence-corrected chi connectivity index (χ3v) is 5.40. The lowest BCUT2D eigenvalue weighted by molar-refractivity contribution is 0.0502. The maximum absolute atomic E-state index is 13.3. The molecule has 1 fully saturated rings. The van der Waals surface area contributed by atoms with Crippen LogP contribution in [0.2, 0.25) is 0 Å². The Labute approximate surface area is 172 Å². The van der Waals surface area contributed by atoms with Crippen LogP contribution in [0.1, 0.15) is 29.9 Å². The van der Waals surface area contributed by atoms with Gasteiger partial charge in [0.2, 0.25) is 0 Å². The van der Waals surface area contributed by atoms with Crippen LogP contribution in [0.4, 0.5) is 9.18 Å². The van der Waals surface area contributed by atoms with Gasteiger partial charge in [0, 0.05) is 31.2 Å². The number of fused-ring (bicyclic) bond motifs is 1. The van der Waals surface area contributed by atoms with Crippen LogP contribution < -0.4 is 0 Å². The van der Waals surface area contributed by atoms with Crippen LogP contribution in [0.3, 0.4) is 0 Å². The van der Waals surface area contributed by atoms with Gasteiger partial charge in [-0.3, -0.25) is 4.79 Å². The Morgan fingerprint density at radius 1 is 1.23 bits per heavy atom. The lowest BCUT2D eigenvalue weighted by Crippen LogP contribution is -2.55. The molecule has 1 atom stereocenters. The van der Waals surface area contributed by atoms with Crippen LogP contribution in [0, 0.1) is 5.82 Å². The van der Waals surface area contributed by atoms with Crippen LogP contribution in [0.5, 0.6) is 0 Å². The molecule has 0 spiro atoms. The molecule has 2 aromatic heterocycles. The van der Waals surface area contributed by atoms with Crippen molar-refractivity contribution in [1.29, 1.82) is 0 Å². The molecule has 1 aliphatic heterocycles. The average molecular weight is 411 g/mol. The normalized spacial score (nSPS) is 16.8. The standard InChI is InChI=1S/C21H22FN5O3/c1-3-14-10-17(15-4-6-16(22)7-5-15)24-27-12-18(23-19(14)27)20(28)25-8-9-26(21(29)30)13(2)11-25/h4-7,10,12-13H,3,8-9,11H2,1-2H3,(H,29,30)/t13-/m0/s1. The van der Waals surface area contributed by atoms with E-state index >= 15 is 0 Å². The van der Waals surface area contributed by atoms with Crippen molar-refractivity contribution in [3.8, 4) is 11.3 Å². The second-order valence-corrected chi connectivity index (χ2v) is 7.39. The summed E-state index contributed by atoms with van der Waals surface area (Å²) in [6, 6.07) is 7.70. The van der Waals surface area contributed by atoms with Gasteiger partial charge >= 0.3 is 6.09 Å². The lowest BCUT2D eigenvalue weighted by Gasteiger charge is -2.37. The highest BCUT2D eigenvalue weighted by atomic mass is 19.1. The Kier molecular flexibility index (Phi) is 5.11. The number of aromatic nitrogens is 3. The number of amides is 2. The van der Waals surface area contributed by atoms with Gasteiger partial charge in [0.25, 0.3) is 5.91 Å². The molecule has 4 rings (SSSR count). The van der Waals surface area contributed by atoms with Crippen LogP contribution in [0.25, 0.3) is 16.9 Å². The number of carbonyl (C=O) groups excluding carboxylic acids is 1. The van der Waals surface area contributed by atoms with E-state index in [1.165, 1.54) is 17.0 Å². The number of carboxylic acid groups (broad SMARTS) is 1. The predicted molar refractivity (Wildman–Crippen MR) is 108 cm³/mol. The van der Waals surface area contributed by atoms with E-state index < -0.39 is 6.09 Å². The minimum Gasteiger partial charge on any atom is -0.465 e. The first-order valence-corrected chi connectivity index (χ1v) is 9.81. The van der Waals surface area contributed by atoms with E-state index in [1.807, 2.05) is 13.0 Å². The quantitative estimate of drug-likeness (QED) is 0.716.